The SMILES string of the molecule is CCNC(=S)N/N=C/c1cc(C)n(-c2ccc(C)cc2)c1C. The van der Waals surface area contributed by atoms with Gasteiger partial charge in [0.1, 0.15) is 0 Å². The second kappa shape index (κ2) is 7.22. The number of hydrogen-bond acceptors (Lipinski definition) is 2. The standard InChI is InChI=1S/C17H22N4S/c1-5-18-17(22)20-19-11-15-10-13(3)21(14(15)4)16-8-6-12(2)7-9-16/h6-11H,5H2,1-4H3,(H2,18,20,22)/b19-11+. The van der Waals surface area contributed by atoms with Gasteiger partial charge in [-0.25, -0.2) is 0 Å². The third kappa shape index (κ3) is 3.74. The van der Waals surface area contributed by atoms with Crippen LogP contribution in [-0.2, 0) is 0 Å². The molecule has 0 aliphatic carbocycles. The largest absolute Gasteiger partial charge is 0.362 e. The Balaban J connectivity index is 2.22. The van der Waals surface area contributed by atoms with Gasteiger partial charge in [-0.05, 0) is 58.1 Å². The highest BCUT2D eigenvalue weighted by Gasteiger charge is 2.09. The number of aromatic nitrogens is 1. The number of hydrazone groups is 1. The lowest BCUT2D eigenvalue weighted by Gasteiger charge is -2.09. The van der Waals surface area contributed by atoms with Gasteiger partial charge in [-0.1, -0.05) is 17.7 Å². The molecule has 0 atom stereocenters. The minimum atomic E-state index is 0.533. The summed E-state index contributed by atoms with van der Waals surface area (Å²) in [7, 11) is 0. The van der Waals surface area contributed by atoms with E-state index in [4.69, 9.17) is 12.2 Å². The molecule has 22 heavy (non-hydrogen) atoms. The van der Waals surface area contributed by atoms with Crippen molar-refractivity contribution in [2.45, 2.75) is 27.7 Å². The predicted octanol–water partition coefficient (Wildman–Crippen LogP) is 3.22. The van der Waals surface area contributed by atoms with E-state index in [0.29, 0.717) is 5.11 Å². The molecule has 5 heteroatoms. The van der Waals surface area contributed by atoms with Crippen molar-refractivity contribution in [3.05, 3.63) is 52.8 Å². The minimum Gasteiger partial charge on any atom is -0.362 e. The van der Waals surface area contributed by atoms with Crippen molar-refractivity contribution in [2.24, 2.45) is 5.10 Å². The molecule has 0 unspecified atom stereocenters. The molecule has 0 saturated carbocycles. The van der Waals surface area contributed by atoms with E-state index in [1.807, 2.05) is 6.92 Å². The highest BCUT2D eigenvalue weighted by molar-refractivity contribution is 7.80. The van der Waals surface area contributed by atoms with E-state index in [1.165, 1.54) is 11.3 Å². The molecular weight excluding hydrogens is 292 g/mol. The zero-order valence-corrected chi connectivity index (χ0v) is 14.3. The van der Waals surface area contributed by atoms with E-state index in [9.17, 15) is 0 Å². The third-order valence-electron chi connectivity index (χ3n) is 3.47. The van der Waals surface area contributed by atoms with Gasteiger partial charge in [0.05, 0.1) is 6.21 Å². The molecule has 0 amide bonds. The first-order valence-electron chi connectivity index (χ1n) is 7.35. The average molecular weight is 314 g/mol. The smallest absolute Gasteiger partial charge is 0.186 e. The lowest BCUT2D eigenvalue weighted by molar-refractivity contribution is 0.903. The zero-order chi connectivity index (χ0) is 16.1. The number of rotatable bonds is 4. The highest BCUT2D eigenvalue weighted by atomic mass is 32.1. The van der Waals surface area contributed by atoms with Gasteiger partial charge >= 0.3 is 0 Å². The van der Waals surface area contributed by atoms with Crippen molar-refractivity contribution in [3.8, 4) is 5.69 Å². The molecule has 0 aliphatic heterocycles. The van der Waals surface area contributed by atoms with Gasteiger partial charge in [-0.15, -0.1) is 0 Å². The van der Waals surface area contributed by atoms with Crippen LogP contribution in [0.3, 0.4) is 0 Å². The monoisotopic (exact) mass is 314 g/mol. The Morgan fingerprint density at radius 2 is 1.91 bits per heavy atom. The molecule has 0 spiro atoms. The second-order valence-corrected chi connectivity index (χ2v) is 5.64. The Kier molecular flexibility index (Phi) is 5.33. The molecule has 4 nitrogen and oxygen atoms in total. The van der Waals surface area contributed by atoms with Gasteiger partial charge in [0.25, 0.3) is 0 Å². The molecule has 0 fully saturated rings. The van der Waals surface area contributed by atoms with Gasteiger partial charge in [0.2, 0.25) is 0 Å². The Morgan fingerprint density at radius 1 is 1.23 bits per heavy atom. The van der Waals surface area contributed by atoms with Crippen LogP contribution in [-0.4, -0.2) is 22.4 Å². The number of nitrogens with one attached hydrogen (secondary N) is 2. The summed E-state index contributed by atoms with van der Waals surface area (Å²) in [6.07, 6.45) is 1.80. The van der Waals surface area contributed by atoms with Gasteiger partial charge in [-0.3, -0.25) is 5.43 Å². The molecule has 1 heterocycles. The molecule has 0 saturated heterocycles. The second-order valence-electron chi connectivity index (χ2n) is 5.23. The zero-order valence-electron chi connectivity index (χ0n) is 13.5. The van der Waals surface area contributed by atoms with Crippen LogP contribution in [0.15, 0.2) is 35.4 Å². The number of hydrogen-bond donors (Lipinski definition) is 2. The minimum absolute atomic E-state index is 0.533. The van der Waals surface area contributed by atoms with E-state index in [2.05, 4.69) is 71.5 Å². The maximum Gasteiger partial charge on any atom is 0.186 e. The maximum atomic E-state index is 5.08. The van der Waals surface area contributed by atoms with Crippen LogP contribution in [0.25, 0.3) is 5.69 Å². The molecule has 2 N–H and O–H groups in total. The number of thiocarbonyl (C=S) groups is 1. The molecule has 0 bridgehead atoms. The van der Waals surface area contributed by atoms with Crippen LogP contribution in [0.4, 0.5) is 0 Å². The molecule has 116 valence electrons. The Hall–Kier alpha value is -2.14. The lowest BCUT2D eigenvalue weighted by atomic mass is 10.2. The molecule has 0 aliphatic rings. The Labute approximate surface area is 137 Å². The fraction of sp³-hybridized carbons (Fsp3) is 0.294. The maximum absolute atomic E-state index is 5.08. The van der Waals surface area contributed by atoms with Gasteiger partial charge in [0.15, 0.2) is 5.11 Å². The van der Waals surface area contributed by atoms with E-state index in [1.54, 1.807) is 6.21 Å². The quantitative estimate of drug-likeness (QED) is 0.517. The van der Waals surface area contributed by atoms with Crippen LogP contribution in [0.1, 0.15) is 29.4 Å². The van der Waals surface area contributed by atoms with Crippen molar-refractivity contribution < 1.29 is 0 Å². The van der Waals surface area contributed by atoms with Crippen LogP contribution < -0.4 is 10.7 Å². The molecule has 0 radical (unpaired) electrons. The molecule has 2 rings (SSSR count). The third-order valence-corrected chi connectivity index (χ3v) is 3.71. The number of benzene rings is 1. The summed E-state index contributed by atoms with van der Waals surface area (Å²) in [5, 5.41) is 7.72. The molecule has 2 aromatic rings. The predicted molar refractivity (Wildman–Crippen MR) is 97.0 cm³/mol. The fourth-order valence-electron chi connectivity index (χ4n) is 2.37. The Bertz CT molecular complexity index is 683. The van der Waals surface area contributed by atoms with Crippen molar-refractivity contribution in [3.63, 3.8) is 0 Å². The van der Waals surface area contributed by atoms with Crippen molar-refractivity contribution in [2.75, 3.05) is 6.54 Å². The summed E-state index contributed by atoms with van der Waals surface area (Å²) < 4.78 is 2.23. The summed E-state index contributed by atoms with van der Waals surface area (Å²) in [5.41, 5.74) is 8.64. The van der Waals surface area contributed by atoms with E-state index in [-0.39, 0.29) is 0 Å². The van der Waals surface area contributed by atoms with Crippen LogP contribution >= 0.6 is 12.2 Å². The summed E-state index contributed by atoms with van der Waals surface area (Å²) >= 11 is 5.08. The van der Waals surface area contributed by atoms with Gasteiger partial charge in [-0.2, -0.15) is 5.10 Å². The number of nitrogens with zero attached hydrogens (tertiary/aromatic N) is 2. The van der Waals surface area contributed by atoms with Crippen molar-refractivity contribution in [1.82, 2.24) is 15.3 Å². The van der Waals surface area contributed by atoms with E-state index in [0.717, 1.165) is 23.5 Å². The normalized spacial score (nSPS) is 10.9. The summed E-state index contributed by atoms with van der Waals surface area (Å²) in [6, 6.07) is 10.6. The summed E-state index contributed by atoms with van der Waals surface area (Å²) in [6.45, 7) is 9.06. The molecular formula is C17H22N4S. The fourth-order valence-corrected chi connectivity index (χ4v) is 2.57. The molecule has 1 aromatic carbocycles. The first-order valence-corrected chi connectivity index (χ1v) is 7.76. The molecule has 1 aromatic heterocycles. The first kappa shape index (κ1) is 16.2. The van der Waals surface area contributed by atoms with E-state index >= 15 is 0 Å². The first-order chi connectivity index (χ1) is 10.5. The van der Waals surface area contributed by atoms with Crippen LogP contribution in [0, 0.1) is 20.8 Å². The average Bonchev–Trinajstić information content (AvgIpc) is 2.75. The lowest BCUT2D eigenvalue weighted by Crippen LogP contribution is -2.31. The summed E-state index contributed by atoms with van der Waals surface area (Å²) in [5.74, 6) is 0. The van der Waals surface area contributed by atoms with Crippen LogP contribution in [0.5, 0.6) is 0 Å². The van der Waals surface area contributed by atoms with E-state index < -0.39 is 0 Å². The highest BCUT2D eigenvalue weighted by Crippen LogP contribution is 2.20. The number of aryl methyl sites for hydroxylation is 2. The Morgan fingerprint density at radius 3 is 2.55 bits per heavy atom. The summed E-state index contributed by atoms with van der Waals surface area (Å²) in [4.78, 5) is 0. The van der Waals surface area contributed by atoms with Crippen LogP contribution in [0.2, 0.25) is 0 Å². The van der Waals surface area contributed by atoms with Crippen molar-refractivity contribution in [1.29, 1.82) is 0 Å². The topological polar surface area (TPSA) is 41.4 Å². The van der Waals surface area contributed by atoms with Crippen molar-refractivity contribution >= 4 is 23.5 Å². The van der Waals surface area contributed by atoms with Gasteiger partial charge in [0, 0.05) is 29.2 Å². The van der Waals surface area contributed by atoms with Gasteiger partial charge < -0.3 is 9.88 Å².